The fraction of sp³-hybridized carbons (Fsp3) is 0.346. The summed E-state index contributed by atoms with van der Waals surface area (Å²) in [6, 6.07) is 12.6. The topological polar surface area (TPSA) is 93.5 Å². The van der Waals surface area contributed by atoms with Crippen molar-refractivity contribution in [2.75, 3.05) is 12.4 Å². The molecule has 0 aliphatic carbocycles. The Bertz CT molecular complexity index is 1190. The molecular weight excluding hydrogens is 486 g/mol. The molecule has 0 saturated heterocycles. The van der Waals surface area contributed by atoms with Gasteiger partial charge in [0.25, 0.3) is 5.91 Å². The van der Waals surface area contributed by atoms with Crippen LogP contribution in [-0.4, -0.2) is 38.4 Å². The maximum absolute atomic E-state index is 13.0. The third kappa shape index (κ3) is 6.80. The molecule has 1 amide bonds. The molecular formula is C26H30ClN3O4S. The van der Waals surface area contributed by atoms with E-state index >= 15 is 0 Å². The Labute approximate surface area is 214 Å². The highest BCUT2D eigenvalue weighted by atomic mass is 35.5. The number of thioether (sulfide) groups is 1. The molecule has 2 N–H and O–H groups in total. The molecule has 1 heterocycles. The molecule has 186 valence electrons. The fourth-order valence-corrected chi connectivity index (χ4v) is 4.61. The van der Waals surface area contributed by atoms with E-state index in [1.165, 1.54) is 18.9 Å². The van der Waals surface area contributed by atoms with E-state index in [4.69, 9.17) is 16.3 Å². The van der Waals surface area contributed by atoms with Crippen LogP contribution in [0.15, 0.2) is 53.6 Å². The Kier molecular flexibility index (Phi) is 8.86. The first-order valence-corrected chi connectivity index (χ1v) is 12.6. The van der Waals surface area contributed by atoms with Crippen LogP contribution in [0.25, 0.3) is 11.4 Å². The van der Waals surface area contributed by atoms with E-state index in [-0.39, 0.29) is 5.91 Å². The van der Waals surface area contributed by atoms with E-state index in [1.54, 1.807) is 38.2 Å². The number of ether oxygens (including phenoxy) is 1. The minimum absolute atomic E-state index is 0.300. The lowest BCUT2D eigenvalue weighted by atomic mass is 10.2. The number of benzene rings is 2. The summed E-state index contributed by atoms with van der Waals surface area (Å²) in [6.07, 6.45) is 4.89. The van der Waals surface area contributed by atoms with Gasteiger partial charge in [-0.15, -0.1) is 11.8 Å². The molecule has 0 saturated carbocycles. The summed E-state index contributed by atoms with van der Waals surface area (Å²) in [4.78, 5) is 29.9. The van der Waals surface area contributed by atoms with Crippen LogP contribution in [0.4, 0.5) is 5.69 Å². The number of halogens is 1. The minimum Gasteiger partial charge on any atom is -0.495 e. The predicted molar refractivity (Wildman–Crippen MR) is 141 cm³/mol. The second kappa shape index (κ2) is 11.6. The smallest absolute Gasteiger partial charge is 0.319 e. The van der Waals surface area contributed by atoms with Gasteiger partial charge in [0.05, 0.1) is 12.1 Å². The van der Waals surface area contributed by atoms with E-state index in [0.29, 0.717) is 28.0 Å². The number of carbonyl (C=O) groups is 2. The van der Waals surface area contributed by atoms with Gasteiger partial charge in [0.1, 0.15) is 22.0 Å². The standard InChI is InChI=1S/C26H30ClN3O4S/c1-5-6-7-14-30-16-21(24(31)28-18-10-13-22(34-4)20(27)15-18)29-23(30)17-8-11-19(12-9-17)35-26(2,3)25(32)33/h8-13,15-16H,5-7,14H2,1-4H3,(H,28,31)(H,32,33). The number of rotatable bonds is 11. The molecule has 0 radical (unpaired) electrons. The second-order valence-corrected chi connectivity index (χ2v) is 10.7. The first-order chi connectivity index (χ1) is 16.6. The number of amides is 1. The molecule has 0 bridgehead atoms. The summed E-state index contributed by atoms with van der Waals surface area (Å²) in [7, 11) is 1.53. The molecule has 7 nitrogen and oxygen atoms in total. The quantitative estimate of drug-likeness (QED) is 0.220. The maximum atomic E-state index is 13.0. The highest BCUT2D eigenvalue weighted by Gasteiger charge is 2.28. The SMILES string of the molecule is CCCCCn1cc(C(=O)Nc2ccc(OC)c(Cl)c2)nc1-c1ccc(SC(C)(C)C(=O)O)cc1. The monoisotopic (exact) mass is 515 g/mol. The molecule has 0 aliphatic rings. The van der Waals surface area contributed by atoms with Crippen LogP contribution >= 0.6 is 23.4 Å². The van der Waals surface area contributed by atoms with Crippen molar-refractivity contribution in [3.8, 4) is 17.1 Å². The highest BCUT2D eigenvalue weighted by Crippen LogP contribution is 2.34. The zero-order valence-corrected chi connectivity index (χ0v) is 21.9. The normalized spacial score (nSPS) is 11.3. The average Bonchev–Trinajstić information content (AvgIpc) is 3.24. The average molecular weight is 516 g/mol. The largest absolute Gasteiger partial charge is 0.495 e. The molecule has 3 aromatic rings. The Hall–Kier alpha value is -2.97. The number of methoxy groups -OCH3 is 1. The first-order valence-electron chi connectivity index (χ1n) is 11.4. The van der Waals surface area contributed by atoms with Crippen molar-refractivity contribution in [2.24, 2.45) is 0 Å². The zero-order valence-electron chi connectivity index (χ0n) is 20.3. The summed E-state index contributed by atoms with van der Waals surface area (Å²) in [5, 5.41) is 12.6. The summed E-state index contributed by atoms with van der Waals surface area (Å²) in [5.41, 5.74) is 1.70. The molecule has 2 aromatic carbocycles. The molecule has 0 aliphatic heterocycles. The van der Waals surface area contributed by atoms with Gasteiger partial charge in [-0.1, -0.05) is 43.5 Å². The number of anilines is 1. The van der Waals surface area contributed by atoms with Crippen LogP contribution in [-0.2, 0) is 11.3 Å². The van der Waals surface area contributed by atoms with Gasteiger partial charge in [-0.3, -0.25) is 9.59 Å². The number of aliphatic carboxylic acids is 1. The number of carboxylic acid groups (broad SMARTS) is 1. The van der Waals surface area contributed by atoms with Crippen LogP contribution in [0.3, 0.4) is 0 Å². The Morgan fingerprint density at radius 1 is 1.17 bits per heavy atom. The first kappa shape index (κ1) is 26.6. The molecule has 0 fully saturated rings. The van der Waals surface area contributed by atoms with E-state index in [2.05, 4.69) is 17.2 Å². The van der Waals surface area contributed by atoms with Gasteiger partial charge in [0.2, 0.25) is 0 Å². The Morgan fingerprint density at radius 2 is 1.89 bits per heavy atom. The third-order valence-corrected chi connectivity index (χ3v) is 6.91. The van der Waals surface area contributed by atoms with Crippen molar-refractivity contribution in [1.82, 2.24) is 9.55 Å². The number of aromatic nitrogens is 2. The zero-order chi connectivity index (χ0) is 25.6. The number of carboxylic acids is 1. The van der Waals surface area contributed by atoms with Crippen molar-refractivity contribution in [3.05, 3.63) is 59.4 Å². The molecule has 0 spiro atoms. The summed E-state index contributed by atoms with van der Waals surface area (Å²) in [6.45, 7) is 6.23. The second-order valence-electron chi connectivity index (χ2n) is 8.60. The van der Waals surface area contributed by atoms with Crippen LogP contribution in [0.2, 0.25) is 5.02 Å². The van der Waals surface area contributed by atoms with Gasteiger partial charge < -0.3 is 19.7 Å². The number of nitrogens with zero attached hydrogens (tertiary/aromatic N) is 2. The van der Waals surface area contributed by atoms with Gasteiger partial charge in [-0.05, 0) is 50.6 Å². The van der Waals surface area contributed by atoms with E-state index in [9.17, 15) is 14.7 Å². The molecule has 3 rings (SSSR count). The maximum Gasteiger partial charge on any atom is 0.319 e. The molecule has 9 heteroatoms. The highest BCUT2D eigenvalue weighted by molar-refractivity contribution is 8.01. The van der Waals surface area contributed by atoms with Gasteiger partial charge in [-0.2, -0.15) is 0 Å². The summed E-state index contributed by atoms with van der Waals surface area (Å²) < 4.78 is 6.22. The predicted octanol–water partition coefficient (Wildman–Crippen LogP) is 6.61. The van der Waals surface area contributed by atoms with Gasteiger partial charge in [-0.25, -0.2) is 4.98 Å². The van der Waals surface area contributed by atoms with Crippen molar-refractivity contribution in [2.45, 2.75) is 56.2 Å². The number of hydrogen-bond acceptors (Lipinski definition) is 5. The van der Waals surface area contributed by atoms with Crippen LogP contribution in [0.5, 0.6) is 5.75 Å². The molecule has 35 heavy (non-hydrogen) atoms. The Morgan fingerprint density at radius 3 is 2.49 bits per heavy atom. The lowest BCUT2D eigenvalue weighted by Gasteiger charge is -2.18. The lowest BCUT2D eigenvalue weighted by molar-refractivity contribution is -0.138. The van der Waals surface area contributed by atoms with Gasteiger partial charge in [0.15, 0.2) is 0 Å². The van der Waals surface area contributed by atoms with Crippen molar-refractivity contribution in [1.29, 1.82) is 0 Å². The van der Waals surface area contributed by atoms with E-state index in [1.807, 2.05) is 28.8 Å². The molecule has 0 unspecified atom stereocenters. The number of hydrogen-bond donors (Lipinski definition) is 2. The van der Waals surface area contributed by atoms with Crippen LogP contribution in [0, 0.1) is 0 Å². The van der Waals surface area contributed by atoms with Gasteiger partial charge >= 0.3 is 5.97 Å². The van der Waals surface area contributed by atoms with E-state index in [0.717, 1.165) is 36.3 Å². The number of nitrogens with one attached hydrogen (secondary N) is 1. The van der Waals surface area contributed by atoms with Gasteiger partial charge in [0, 0.05) is 28.9 Å². The number of carbonyl (C=O) groups excluding carboxylic acids is 1. The van der Waals surface area contributed by atoms with Crippen LogP contribution < -0.4 is 10.1 Å². The summed E-state index contributed by atoms with van der Waals surface area (Å²) in [5.74, 6) is 0.0116. The van der Waals surface area contributed by atoms with Crippen molar-refractivity contribution in [3.63, 3.8) is 0 Å². The van der Waals surface area contributed by atoms with Crippen molar-refractivity contribution < 1.29 is 19.4 Å². The molecule has 0 atom stereocenters. The summed E-state index contributed by atoms with van der Waals surface area (Å²) >= 11 is 7.46. The Balaban J connectivity index is 1.85. The fourth-order valence-electron chi connectivity index (χ4n) is 3.41. The number of unbranched alkanes of at least 4 members (excludes halogenated alkanes) is 2. The lowest BCUT2D eigenvalue weighted by Crippen LogP contribution is -2.26. The van der Waals surface area contributed by atoms with Crippen LogP contribution in [0.1, 0.15) is 50.5 Å². The number of aryl methyl sites for hydroxylation is 1. The van der Waals surface area contributed by atoms with E-state index < -0.39 is 10.7 Å². The van der Waals surface area contributed by atoms with Crippen molar-refractivity contribution >= 4 is 40.9 Å². The minimum atomic E-state index is -0.935. The third-order valence-electron chi connectivity index (χ3n) is 5.42. The number of imidazole rings is 1. The molecule has 1 aromatic heterocycles.